The van der Waals surface area contributed by atoms with Gasteiger partial charge in [-0.3, -0.25) is 0 Å². The maximum Gasteiger partial charge on any atom is 0.0717 e. The Labute approximate surface area is 133 Å². The Morgan fingerprint density at radius 1 is 1.21 bits per heavy atom. The average Bonchev–Trinajstić information content (AvgIpc) is 2.37. The van der Waals surface area contributed by atoms with Crippen molar-refractivity contribution in [3.63, 3.8) is 0 Å². The number of benzene rings is 1. The number of hydrogen-bond acceptors (Lipinski definition) is 3. The molecule has 0 aromatic heterocycles. The quantitative estimate of drug-likeness (QED) is 0.413. The second-order valence-electron chi connectivity index (χ2n) is 4.96. The van der Waals surface area contributed by atoms with E-state index in [1.165, 1.54) is 5.56 Å². The predicted molar refractivity (Wildman–Crippen MR) is 91.1 cm³/mol. The summed E-state index contributed by atoms with van der Waals surface area (Å²) in [6.45, 7) is 5.13. The molecule has 0 aliphatic rings. The van der Waals surface area contributed by atoms with Gasteiger partial charge in [0.2, 0.25) is 0 Å². The van der Waals surface area contributed by atoms with Gasteiger partial charge in [0.1, 0.15) is 0 Å². The third kappa shape index (κ3) is 8.86. The Bertz CT molecular complexity index is 346. The molecule has 0 heterocycles. The van der Waals surface area contributed by atoms with E-state index in [4.69, 9.17) is 9.47 Å². The van der Waals surface area contributed by atoms with Crippen LogP contribution in [0, 0.1) is 5.92 Å². The minimum absolute atomic E-state index is 0.433. The van der Waals surface area contributed by atoms with Gasteiger partial charge in [-0.2, -0.15) is 12.6 Å². The van der Waals surface area contributed by atoms with Crippen molar-refractivity contribution in [1.29, 1.82) is 0 Å². The SMILES string of the molecule is CC(COCC[C@H]([SiH3])S)COCc1ccc(Br)cc1. The van der Waals surface area contributed by atoms with Crippen molar-refractivity contribution in [2.45, 2.75) is 24.8 Å². The number of rotatable bonds is 9. The molecular formula is C14H23BrO2SSi. The van der Waals surface area contributed by atoms with Gasteiger partial charge in [0.25, 0.3) is 0 Å². The summed E-state index contributed by atoms with van der Waals surface area (Å²) in [5.41, 5.74) is 1.20. The number of thiol groups is 1. The van der Waals surface area contributed by atoms with Crippen LogP contribution < -0.4 is 0 Å². The highest BCUT2D eigenvalue weighted by Gasteiger charge is 2.03. The predicted octanol–water partition coefficient (Wildman–Crippen LogP) is 2.63. The molecule has 0 saturated heterocycles. The van der Waals surface area contributed by atoms with Gasteiger partial charge in [-0.15, -0.1) is 0 Å². The summed E-state index contributed by atoms with van der Waals surface area (Å²) in [6, 6.07) is 8.22. The van der Waals surface area contributed by atoms with E-state index in [-0.39, 0.29) is 0 Å². The first-order valence-electron chi connectivity index (χ1n) is 6.66. The fraction of sp³-hybridized carbons (Fsp3) is 0.571. The molecule has 0 radical (unpaired) electrons. The Hall–Kier alpha value is 0.187. The number of ether oxygens (including phenoxy) is 2. The van der Waals surface area contributed by atoms with Gasteiger partial charge >= 0.3 is 0 Å². The van der Waals surface area contributed by atoms with Gasteiger partial charge in [0, 0.05) is 27.2 Å². The molecule has 5 heteroatoms. The van der Waals surface area contributed by atoms with E-state index >= 15 is 0 Å². The van der Waals surface area contributed by atoms with Crippen molar-refractivity contribution in [2.75, 3.05) is 19.8 Å². The topological polar surface area (TPSA) is 18.5 Å². The van der Waals surface area contributed by atoms with Gasteiger partial charge in [-0.1, -0.05) is 35.0 Å². The van der Waals surface area contributed by atoms with Crippen molar-refractivity contribution < 1.29 is 9.47 Å². The van der Waals surface area contributed by atoms with Crippen LogP contribution in [-0.2, 0) is 16.1 Å². The minimum Gasteiger partial charge on any atom is -0.381 e. The summed E-state index contributed by atoms with van der Waals surface area (Å²) in [6.07, 6.45) is 1.06. The van der Waals surface area contributed by atoms with E-state index in [0.717, 1.165) is 41.0 Å². The van der Waals surface area contributed by atoms with Crippen LogP contribution in [0.25, 0.3) is 0 Å². The summed E-state index contributed by atoms with van der Waals surface area (Å²) >= 11 is 7.80. The van der Waals surface area contributed by atoms with Crippen LogP contribution in [0.2, 0.25) is 0 Å². The fourth-order valence-corrected chi connectivity index (χ4v) is 2.15. The second kappa shape index (κ2) is 9.99. The molecule has 0 fully saturated rings. The standard InChI is InChI=1S/C14H23BrO2SSi/c1-11(8-16-7-6-14(18)19)9-17-10-12-2-4-13(15)5-3-12/h2-5,11,14,18H,6-10H2,1,19H3/t11?,14-/m0/s1. The molecule has 0 aliphatic carbocycles. The van der Waals surface area contributed by atoms with Gasteiger partial charge in [-0.05, 0) is 29.0 Å². The van der Waals surface area contributed by atoms with Crippen molar-refractivity contribution in [1.82, 2.24) is 0 Å². The first kappa shape index (κ1) is 17.2. The maximum atomic E-state index is 5.70. The van der Waals surface area contributed by atoms with Crippen molar-refractivity contribution in [3.8, 4) is 0 Å². The first-order valence-corrected chi connectivity index (χ1v) is 9.12. The van der Waals surface area contributed by atoms with Crippen LogP contribution in [0.3, 0.4) is 0 Å². The molecule has 1 unspecified atom stereocenters. The summed E-state index contributed by atoms with van der Waals surface area (Å²) in [5.74, 6) is 0.433. The third-order valence-electron chi connectivity index (χ3n) is 2.67. The fourth-order valence-electron chi connectivity index (χ4n) is 1.55. The molecule has 0 saturated carbocycles. The highest BCUT2D eigenvalue weighted by Crippen LogP contribution is 2.11. The summed E-state index contributed by atoms with van der Waals surface area (Å²) in [7, 11) is 1.13. The Kier molecular flexibility index (Phi) is 9.07. The Balaban J connectivity index is 2.06. The zero-order chi connectivity index (χ0) is 14.1. The van der Waals surface area contributed by atoms with Crippen molar-refractivity contribution >= 4 is 38.8 Å². The first-order chi connectivity index (χ1) is 9.08. The van der Waals surface area contributed by atoms with Gasteiger partial charge in [0.05, 0.1) is 19.8 Å². The lowest BCUT2D eigenvalue weighted by Gasteiger charge is -2.13. The zero-order valence-corrected chi connectivity index (χ0v) is 16.1. The van der Waals surface area contributed by atoms with Crippen molar-refractivity contribution in [3.05, 3.63) is 34.3 Å². The Morgan fingerprint density at radius 2 is 1.84 bits per heavy atom. The molecule has 2 nitrogen and oxygen atoms in total. The lowest BCUT2D eigenvalue weighted by Crippen LogP contribution is -2.14. The lowest BCUT2D eigenvalue weighted by atomic mass is 10.2. The molecule has 0 amide bonds. The van der Waals surface area contributed by atoms with E-state index in [1.807, 2.05) is 12.1 Å². The number of hydrogen-bond donors (Lipinski definition) is 1. The van der Waals surface area contributed by atoms with Gasteiger partial charge in [0.15, 0.2) is 0 Å². The molecule has 19 heavy (non-hydrogen) atoms. The largest absolute Gasteiger partial charge is 0.381 e. The smallest absolute Gasteiger partial charge is 0.0717 e. The van der Waals surface area contributed by atoms with Gasteiger partial charge in [-0.25, -0.2) is 0 Å². The molecule has 1 aromatic rings. The summed E-state index contributed by atoms with van der Waals surface area (Å²) in [4.78, 5) is 0.545. The maximum absolute atomic E-state index is 5.70. The minimum atomic E-state index is 0.433. The zero-order valence-electron chi connectivity index (χ0n) is 11.6. The molecule has 0 aliphatic heterocycles. The highest BCUT2D eigenvalue weighted by atomic mass is 79.9. The van der Waals surface area contributed by atoms with Crippen LogP contribution in [0.1, 0.15) is 18.9 Å². The molecular weight excluding hydrogens is 340 g/mol. The molecule has 1 rings (SSSR count). The monoisotopic (exact) mass is 362 g/mol. The second-order valence-corrected chi connectivity index (χ2v) is 9.12. The third-order valence-corrected chi connectivity index (χ3v) is 4.03. The molecule has 0 spiro atoms. The molecule has 2 atom stereocenters. The highest BCUT2D eigenvalue weighted by molar-refractivity contribution is 9.10. The van der Waals surface area contributed by atoms with Crippen LogP contribution in [-0.4, -0.2) is 34.9 Å². The van der Waals surface area contributed by atoms with E-state index < -0.39 is 0 Å². The van der Waals surface area contributed by atoms with Crippen LogP contribution in [0.15, 0.2) is 28.7 Å². The van der Waals surface area contributed by atoms with Crippen LogP contribution >= 0.6 is 28.6 Å². The van der Waals surface area contributed by atoms with Crippen LogP contribution in [0.5, 0.6) is 0 Å². The van der Waals surface area contributed by atoms with Crippen LogP contribution in [0.4, 0.5) is 0 Å². The van der Waals surface area contributed by atoms with Crippen molar-refractivity contribution in [2.24, 2.45) is 5.92 Å². The Morgan fingerprint density at radius 3 is 2.47 bits per heavy atom. The lowest BCUT2D eigenvalue weighted by molar-refractivity contribution is 0.0394. The summed E-state index contributed by atoms with van der Waals surface area (Å²) in [5, 5.41) is 0. The number of halogens is 1. The summed E-state index contributed by atoms with van der Waals surface area (Å²) < 4.78 is 12.4. The molecule has 0 N–H and O–H groups in total. The van der Waals surface area contributed by atoms with E-state index in [2.05, 4.69) is 47.6 Å². The van der Waals surface area contributed by atoms with Gasteiger partial charge < -0.3 is 9.47 Å². The molecule has 108 valence electrons. The van der Waals surface area contributed by atoms with E-state index in [1.54, 1.807) is 0 Å². The normalized spacial score (nSPS) is 14.5. The molecule has 0 bridgehead atoms. The van der Waals surface area contributed by atoms with E-state index in [0.29, 0.717) is 17.4 Å². The molecule has 1 aromatic carbocycles. The average molecular weight is 363 g/mol. The van der Waals surface area contributed by atoms with E-state index in [9.17, 15) is 0 Å².